The van der Waals surface area contributed by atoms with Crippen molar-refractivity contribution in [1.29, 1.82) is 0 Å². The molecular weight excluding hydrogens is 195 g/mol. The Morgan fingerprint density at radius 2 is 2.08 bits per heavy atom. The van der Waals surface area contributed by atoms with Gasteiger partial charge in [-0.25, -0.2) is 4.39 Å². The summed E-state index contributed by atoms with van der Waals surface area (Å²) in [6.45, 7) is 0.342. The lowest BCUT2D eigenvalue weighted by atomic mass is 10.3. The van der Waals surface area contributed by atoms with Gasteiger partial charge in [0.1, 0.15) is 11.6 Å². The number of hydrogen-bond acceptors (Lipinski definition) is 2. The molecule has 0 saturated carbocycles. The first-order chi connectivity index (χ1) is 6.22. The van der Waals surface area contributed by atoms with Crippen molar-refractivity contribution in [2.75, 3.05) is 6.61 Å². The molecule has 0 aromatic heterocycles. The molecule has 72 valence electrons. The monoisotopic (exact) mass is 205 g/mol. The van der Waals surface area contributed by atoms with Gasteiger partial charge < -0.3 is 10.5 Å². The summed E-state index contributed by atoms with van der Waals surface area (Å²) in [5.74, 6) is 0.316. The standard InChI is InChI=1S/C8H10ClFN2O/c9-12-8(11)5-13-7-3-1-6(10)2-4-7/h1-4,8,12H,5,11H2/p+1/t8-/m1/s1. The Bertz CT molecular complexity index is 255. The summed E-state index contributed by atoms with van der Waals surface area (Å²) in [6.07, 6.45) is -0.188. The number of rotatable bonds is 4. The summed E-state index contributed by atoms with van der Waals surface area (Å²) in [5.41, 5.74) is 3.65. The minimum Gasteiger partial charge on any atom is -0.486 e. The average Bonchev–Trinajstić information content (AvgIpc) is 2.16. The summed E-state index contributed by atoms with van der Waals surface area (Å²) in [7, 11) is 0. The average molecular weight is 206 g/mol. The quantitative estimate of drug-likeness (QED) is 0.556. The second-order valence-electron chi connectivity index (χ2n) is 2.57. The fourth-order valence-electron chi connectivity index (χ4n) is 0.759. The van der Waals surface area contributed by atoms with E-state index in [4.69, 9.17) is 16.5 Å². The van der Waals surface area contributed by atoms with Crippen LogP contribution in [0, 0.1) is 5.82 Å². The van der Waals surface area contributed by atoms with Crippen LogP contribution in [0.3, 0.4) is 0 Å². The third-order valence-corrected chi connectivity index (χ3v) is 1.73. The molecule has 0 bridgehead atoms. The highest BCUT2D eigenvalue weighted by atomic mass is 35.5. The van der Waals surface area contributed by atoms with Crippen LogP contribution in [0.2, 0.25) is 0 Å². The summed E-state index contributed by atoms with van der Waals surface area (Å²) >= 11 is 5.29. The number of benzene rings is 1. The van der Waals surface area contributed by atoms with E-state index in [2.05, 4.69) is 10.6 Å². The van der Waals surface area contributed by atoms with Crippen LogP contribution in [0.25, 0.3) is 0 Å². The molecule has 0 spiro atoms. The van der Waals surface area contributed by atoms with Crippen molar-refractivity contribution < 1.29 is 14.9 Å². The van der Waals surface area contributed by atoms with Crippen molar-refractivity contribution in [3.63, 3.8) is 0 Å². The highest BCUT2D eigenvalue weighted by molar-refractivity contribution is 6.13. The molecule has 1 rings (SSSR count). The Morgan fingerprint density at radius 3 is 2.62 bits per heavy atom. The van der Waals surface area contributed by atoms with Crippen molar-refractivity contribution in [3.8, 4) is 5.75 Å². The molecule has 3 nitrogen and oxygen atoms in total. The van der Waals surface area contributed by atoms with Gasteiger partial charge in [-0.05, 0) is 36.0 Å². The van der Waals surface area contributed by atoms with E-state index >= 15 is 0 Å². The van der Waals surface area contributed by atoms with Gasteiger partial charge in [0.25, 0.3) is 0 Å². The number of quaternary nitrogens is 1. The van der Waals surface area contributed by atoms with Gasteiger partial charge in [0, 0.05) is 0 Å². The van der Waals surface area contributed by atoms with Crippen molar-refractivity contribution in [2.45, 2.75) is 6.17 Å². The molecule has 13 heavy (non-hydrogen) atoms. The molecule has 1 atom stereocenters. The van der Waals surface area contributed by atoms with Crippen LogP contribution in [0.1, 0.15) is 0 Å². The third kappa shape index (κ3) is 3.59. The maximum Gasteiger partial charge on any atom is 0.186 e. The highest BCUT2D eigenvalue weighted by Gasteiger charge is 2.03. The maximum atomic E-state index is 12.5. The number of hydrogen-bond donors (Lipinski definition) is 2. The zero-order chi connectivity index (χ0) is 9.68. The lowest BCUT2D eigenvalue weighted by Crippen LogP contribution is -2.68. The second-order valence-corrected chi connectivity index (χ2v) is 2.79. The lowest BCUT2D eigenvalue weighted by Gasteiger charge is -2.07. The molecule has 0 heterocycles. The van der Waals surface area contributed by atoms with Gasteiger partial charge in [-0.2, -0.15) is 4.84 Å². The number of nitrogens with one attached hydrogen (secondary N) is 1. The zero-order valence-electron chi connectivity index (χ0n) is 6.97. The van der Waals surface area contributed by atoms with E-state index in [-0.39, 0.29) is 12.0 Å². The molecule has 0 aliphatic carbocycles. The van der Waals surface area contributed by atoms with E-state index in [1.165, 1.54) is 12.1 Å². The highest BCUT2D eigenvalue weighted by Crippen LogP contribution is 2.10. The van der Waals surface area contributed by atoms with Crippen LogP contribution >= 0.6 is 11.8 Å². The van der Waals surface area contributed by atoms with Gasteiger partial charge in [-0.15, -0.1) is 0 Å². The Labute approximate surface area is 80.7 Å². The molecule has 1 aromatic rings. The molecule has 1 aromatic carbocycles. The fourth-order valence-corrected chi connectivity index (χ4v) is 0.822. The molecule has 0 aliphatic heterocycles. The van der Waals surface area contributed by atoms with Crippen molar-refractivity contribution in [3.05, 3.63) is 30.1 Å². The summed E-state index contributed by atoms with van der Waals surface area (Å²) in [4.78, 5) is 2.41. The first-order valence-electron chi connectivity index (χ1n) is 3.80. The molecule has 5 heteroatoms. The summed E-state index contributed by atoms with van der Waals surface area (Å²) < 4.78 is 17.7. The largest absolute Gasteiger partial charge is 0.486 e. The Morgan fingerprint density at radius 1 is 1.46 bits per heavy atom. The minimum atomic E-state index is -0.283. The van der Waals surface area contributed by atoms with Crippen LogP contribution in [0.5, 0.6) is 5.75 Å². The summed E-state index contributed by atoms with van der Waals surface area (Å²) in [5, 5.41) is 0. The van der Waals surface area contributed by atoms with E-state index in [0.717, 1.165) is 0 Å². The molecular formula is C8H11ClFN2O+. The number of halogens is 2. The molecule has 0 amide bonds. The minimum absolute atomic E-state index is 0.188. The molecule has 0 saturated heterocycles. The first kappa shape index (κ1) is 10.2. The molecule has 0 radical (unpaired) electrons. The van der Waals surface area contributed by atoms with E-state index < -0.39 is 0 Å². The maximum absolute atomic E-state index is 12.5. The predicted octanol–water partition coefficient (Wildman–Crippen LogP) is 0.516. The fraction of sp³-hybridized carbons (Fsp3) is 0.250. The van der Waals surface area contributed by atoms with Crippen LogP contribution in [-0.2, 0) is 0 Å². The second kappa shape index (κ2) is 5.01. The van der Waals surface area contributed by atoms with E-state index in [9.17, 15) is 4.39 Å². The number of ether oxygens (including phenoxy) is 1. The smallest absolute Gasteiger partial charge is 0.186 e. The van der Waals surface area contributed by atoms with Gasteiger partial charge in [0.2, 0.25) is 0 Å². The van der Waals surface area contributed by atoms with Crippen LogP contribution in [-0.4, -0.2) is 12.8 Å². The van der Waals surface area contributed by atoms with E-state index in [0.29, 0.717) is 12.4 Å². The SMILES string of the molecule is [NH3+][C@@H](COc1ccc(F)cc1)NCl. The van der Waals surface area contributed by atoms with Crippen LogP contribution < -0.4 is 15.3 Å². The Hall–Kier alpha value is -0.840. The normalized spacial score (nSPS) is 12.5. The van der Waals surface area contributed by atoms with Crippen LogP contribution in [0.15, 0.2) is 24.3 Å². The van der Waals surface area contributed by atoms with Crippen molar-refractivity contribution in [2.24, 2.45) is 0 Å². The van der Waals surface area contributed by atoms with Gasteiger partial charge in [0.05, 0.1) is 0 Å². The van der Waals surface area contributed by atoms with Gasteiger partial charge in [-0.3, -0.25) is 0 Å². The van der Waals surface area contributed by atoms with Gasteiger partial charge in [0.15, 0.2) is 12.8 Å². The lowest BCUT2D eigenvalue weighted by molar-refractivity contribution is -0.427. The topological polar surface area (TPSA) is 48.9 Å². The molecule has 0 aliphatic rings. The summed E-state index contributed by atoms with van der Waals surface area (Å²) in [6, 6.07) is 5.77. The Balaban J connectivity index is 2.41. The zero-order valence-corrected chi connectivity index (χ0v) is 7.72. The van der Waals surface area contributed by atoms with E-state index in [1.807, 2.05) is 0 Å². The van der Waals surface area contributed by atoms with Gasteiger partial charge >= 0.3 is 0 Å². The van der Waals surface area contributed by atoms with Crippen molar-refractivity contribution in [1.82, 2.24) is 4.84 Å². The molecule has 0 unspecified atom stereocenters. The van der Waals surface area contributed by atoms with Crippen molar-refractivity contribution >= 4 is 11.8 Å². The van der Waals surface area contributed by atoms with Crippen LogP contribution in [0.4, 0.5) is 4.39 Å². The Kier molecular flexibility index (Phi) is 3.95. The first-order valence-corrected chi connectivity index (χ1v) is 4.18. The molecule has 4 N–H and O–H groups in total. The van der Waals surface area contributed by atoms with Gasteiger partial charge in [-0.1, -0.05) is 0 Å². The predicted molar refractivity (Wildman–Crippen MR) is 47.6 cm³/mol. The van der Waals surface area contributed by atoms with E-state index in [1.54, 1.807) is 12.1 Å². The third-order valence-electron chi connectivity index (χ3n) is 1.42. The molecule has 0 fully saturated rings.